The van der Waals surface area contributed by atoms with E-state index in [1.54, 1.807) is 0 Å². The summed E-state index contributed by atoms with van der Waals surface area (Å²) >= 11 is 0. The van der Waals surface area contributed by atoms with Crippen LogP contribution in [0.15, 0.2) is 0 Å². The van der Waals surface area contributed by atoms with Gasteiger partial charge in [-0.1, -0.05) is 110 Å². The Kier molecular flexibility index (Phi) is 16.9. The number of nitrogens with zero attached hydrogens (tertiary/aromatic N) is 2. The molecule has 26 heavy (non-hydrogen) atoms. The summed E-state index contributed by atoms with van der Waals surface area (Å²) in [7, 11) is 2.24. The molecule has 0 radical (unpaired) electrons. The van der Waals surface area contributed by atoms with Crippen LogP contribution >= 0.6 is 0 Å². The van der Waals surface area contributed by atoms with Crippen LogP contribution in [-0.4, -0.2) is 49.6 Å². The first-order valence-corrected chi connectivity index (χ1v) is 12.2. The maximum absolute atomic E-state index is 2.66. The summed E-state index contributed by atoms with van der Waals surface area (Å²) in [6.45, 7) is 8.74. The summed E-state index contributed by atoms with van der Waals surface area (Å²) in [5.74, 6) is 0. The first-order chi connectivity index (χ1) is 12.8. The van der Waals surface area contributed by atoms with E-state index in [9.17, 15) is 0 Å². The van der Waals surface area contributed by atoms with Gasteiger partial charge in [0, 0.05) is 26.2 Å². The van der Waals surface area contributed by atoms with Crippen molar-refractivity contribution in [1.82, 2.24) is 9.80 Å². The average molecular weight is 367 g/mol. The van der Waals surface area contributed by atoms with E-state index >= 15 is 0 Å². The smallest absolute Gasteiger partial charge is 0.0110 e. The third-order valence-corrected chi connectivity index (χ3v) is 6.17. The Morgan fingerprint density at radius 2 is 0.808 bits per heavy atom. The lowest BCUT2D eigenvalue weighted by Gasteiger charge is -2.32. The van der Waals surface area contributed by atoms with E-state index in [1.165, 1.54) is 142 Å². The molecule has 0 bridgehead atoms. The molecule has 1 fully saturated rings. The molecule has 156 valence electrons. The third kappa shape index (κ3) is 15.0. The van der Waals surface area contributed by atoms with E-state index < -0.39 is 0 Å². The Morgan fingerprint density at radius 1 is 0.462 bits per heavy atom. The first-order valence-electron chi connectivity index (χ1n) is 12.2. The van der Waals surface area contributed by atoms with Gasteiger partial charge in [0.2, 0.25) is 0 Å². The van der Waals surface area contributed by atoms with Crippen LogP contribution in [0.3, 0.4) is 0 Å². The fourth-order valence-corrected chi connectivity index (χ4v) is 4.13. The molecule has 1 saturated heterocycles. The van der Waals surface area contributed by atoms with Crippen molar-refractivity contribution in [3.05, 3.63) is 0 Å². The molecule has 0 saturated carbocycles. The highest BCUT2D eigenvalue weighted by atomic mass is 15.2. The zero-order valence-electron chi connectivity index (χ0n) is 18.5. The van der Waals surface area contributed by atoms with Crippen molar-refractivity contribution in [2.24, 2.45) is 0 Å². The molecule has 0 aliphatic carbocycles. The van der Waals surface area contributed by atoms with Gasteiger partial charge in [0.05, 0.1) is 0 Å². The van der Waals surface area contributed by atoms with Gasteiger partial charge in [0.1, 0.15) is 0 Å². The van der Waals surface area contributed by atoms with Gasteiger partial charge >= 0.3 is 0 Å². The van der Waals surface area contributed by atoms with E-state index in [0.29, 0.717) is 0 Å². The third-order valence-electron chi connectivity index (χ3n) is 6.17. The van der Waals surface area contributed by atoms with Gasteiger partial charge in [-0.25, -0.2) is 0 Å². The number of hydrogen-bond donors (Lipinski definition) is 0. The molecule has 0 unspecified atom stereocenters. The predicted molar refractivity (Wildman–Crippen MR) is 118 cm³/mol. The van der Waals surface area contributed by atoms with Gasteiger partial charge in [-0.3, -0.25) is 0 Å². The van der Waals surface area contributed by atoms with Crippen molar-refractivity contribution in [3.8, 4) is 0 Å². The highest BCUT2D eigenvalue weighted by molar-refractivity contribution is 4.68. The van der Waals surface area contributed by atoms with E-state index in [4.69, 9.17) is 0 Å². The van der Waals surface area contributed by atoms with Gasteiger partial charge < -0.3 is 9.80 Å². The number of unbranched alkanes of at least 4 members (excludes halogenated alkanes) is 16. The second-order valence-corrected chi connectivity index (χ2v) is 8.80. The van der Waals surface area contributed by atoms with Gasteiger partial charge in [-0.05, 0) is 20.0 Å². The van der Waals surface area contributed by atoms with E-state index in [-0.39, 0.29) is 0 Å². The minimum atomic E-state index is 1.26. The van der Waals surface area contributed by atoms with Crippen molar-refractivity contribution in [3.63, 3.8) is 0 Å². The largest absolute Gasteiger partial charge is 0.304 e. The lowest BCUT2D eigenvalue weighted by Crippen LogP contribution is -2.44. The number of piperazine rings is 1. The van der Waals surface area contributed by atoms with Crippen molar-refractivity contribution >= 4 is 0 Å². The van der Waals surface area contributed by atoms with Crippen LogP contribution in [0.4, 0.5) is 0 Å². The molecular weight excluding hydrogens is 316 g/mol. The van der Waals surface area contributed by atoms with Crippen LogP contribution in [-0.2, 0) is 0 Å². The fraction of sp³-hybridized carbons (Fsp3) is 1.00. The number of likely N-dealkylation sites (N-methyl/N-ethyl adjacent to an activating group) is 1. The van der Waals surface area contributed by atoms with Gasteiger partial charge in [-0.15, -0.1) is 0 Å². The highest BCUT2D eigenvalue weighted by Crippen LogP contribution is 2.14. The summed E-state index contributed by atoms with van der Waals surface area (Å²) in [6.07, 6.45) is 24.9. The van der Waals surface area contributed by atoms with Gasteiger partial charge in [-0.2, -0.15) is 0 Å². The van der Waals surface area contributed by atoms with Crippen molar-refractivity contribution in [2.75, 3.05) is 39.8 Å². The molecule has 0 aromatic carbocycles. The highest BCUT2D eigenvalue weighted by Gasteiger charge is 2.12. The zero-order chi connectivity index (χ0) is 18.7. The van der Waals surface area contributed by atoms with Crippen LogP contribution in [0, 0.1) is 0 Å². The summed E-state index contributed by atoms with van der Waals surface area (Å²) in [6, 6.07) is 0. The molecule has 2 nitrogen and oxygen atoms in total. The fourth-order valence-electron chi connectivity index (χ4n) is 4.13. The van der Waals surface area contributed by atoms with Crippen LogP contribution in [0.25, 0.3) is 0 Å². The lowest BCUT2D eigenvalue weighted by atomic mass is 10.0. The Hall–Kier alpha value is -0.0800. The summed E-state index contributed by atoms with van der Waals surface area (Å²) < 4.78 is 0. The minimum absolute atomic E-state index is 1.26. The molecule has 0 N–H and O–H groups in total. The topological polar surface area (TPSA) is 6.48 Å². The molecule has 0 amide bonds. The summed E-state index contributed by atoms with van der Waals surface area (Å²) in [5.41, 5.74) is 0. The van der Waals surface area contributed by atoms with Crippen molar-refractivity contribution in [2.45, 2.75) is 116 Å². The van der Waals surface area contributed by atoms with Crippen molar-refractivity contribution < 1.29 is 0 Å². The Balaban J connectivity index is 1.67. The van der Waals surface area contributed by atoms with Crippen molar-refractivity contribution in [1.29, 1.82) is 0 Å². The molecule has 0 spiro atoms. The van der Waals surface area contributed by atoms with Gasteiger partial charge in [0.15, 0.2) is 0 Å². The van der Waals surface area contributed by atoms with E-state index in [0.717, 1.165) is 0 Å². The number of hydrogen-bond acceptors (Lipinski definition) is 2. The minimum Gasteiger partial charge on any atom is -0.304 e. The van der Waals surface area contributed by atoms with Crippen LogP contribution < -0.4 is 0 Å². The Bertz CT molecular complexity index is 271. The summed E-state index contributed by atoms with van der Waals surface area (Å²) in [4.78, 5) is 5.11. The molecule has 0 aromatic heterocycles. The monoisotopic (exact) mass is 366 g/mol. The Labute approximate surface area is 166 Å². The average Bonchev–Trinajstić information content (AvgIpc) is 2.66. The molecule has 0 atom stereocenters. The second kappa shape index (κ2) is 18.3. The standard InChI is InChI=1S/C24H50N2/c1-3-4-5-6-7-8-9-10-11-12-13-14-15-16-17-18-19-20-26-23-21-25(2)22-24-26/h3-24H2,1-2H3. The molecule has 1 heterocycles. The Morgan fingerprint density at radius 3 is 1.19 bits per heavy atom. The quantitative estimate of drug-likeness (QED) is 0.244. The molecule has 2 heteroatoms. The first kappa shape index (κ1) is 24.0. The predicted octanol–water partition coefficient (Wildman–Crippen LogP) is 6.89. The van der Waals surface area contributed by atoms with Crippen LogP contribution in [0.2, 0.25) is 0 Å². The molecule has 1 aliphatic rings. The zero-order valence-corrected chi connectivity index (χ0v) is 18.5. The molecule has 1 rings (SSSR count). The van der Waals surface area contributed by atoms with Crippen LogP contribution in [0.1, 0.15) is 116 Å². The van der Waals surface area contributed by atoms with E-state index in [1.807, 2.05) is 0 Å². The van der Waals surface area contributed by atoms with E-state index in [2.05, 4.69) is 23.8 Å². The SMILES string of the molecule is CCCCCCCCCCCCCCCCCCCN1CCN(C)CC1. The molecule has 0 aromatic rings. The summed E-state index contributed by atoms with van der Waals surface area (Å²) in [5, 5.41) is 0. The van der Waals surface area contributed by atoms with Gasteiger partial charge in [0.25, 0.3) is 0 Å². The number of rotatable bonds is 18. The molecular formula is C24H50N2. The maximum atomic E-state index is 2.66. The normalized spacial score (nSPS) is 16.4. The maximum Gasteiger partial charge on any atom is 0.0110 e. The second-order valence-electron chi connectivity index (χ2n) is 8.80. The molecule has 1 aliphatic heterocycles. The lowest BCUT2D eigenvalue weighted by molar-refractivity contribution is 0.152. The van der Waals surface area contributed by atoms with Crippen LogP contribution in [0.5, 0.6) is 0 Å².